The van der Waals surface area contributed by atoms with E-state index in [2.05, 4.69) is 63.2 Å². The summed E-state index contributed by atoms with van der Waals surface area (Å²) in [7, 11) is 0. The molecule has 2 amide bonds. The largest absolute Gasteiger partial charge is 0.494 e. The van der Waals surface area contributed by atoms with E-state index in [0.717, 1.165) is 18.6 Å². The molecule has 5 atom stereocenters. The van der Waals surface area contributed by atoms with E-state index < -0.39 is 0 Å². The lowest BCUT2D eigenvalue weighted by Gasteiger charge is -2.46. The average Bonchev–Trinajstić information content (AvgIpc) is 3.22. The van der Waals surface area contributed by atoms with Gasteiger partial charge in [0.2, 0.25) is 11.8 Å². The number of carbonyl (C=O) groups excluding carboxylic acids is 2. The molecule has 0 N–H and O–H groups in total. The van der Waals surface area contributed by atoms with Gasteiger partial charge in [0, 0.05) is 11.8 Å². The molecule has 0 unspecified atom stereocenters. The molecule has 0 radical (unpaired) electrons. The normalized spacial score (nSPS) is 23.7. The number of carbonyl (C=O) groups is 2. The summed E-state index contributed by atoms with van der Waals surface area (Å²) >= 11 is 0. The lowest BCUT2D eigenvalue weighted by atomic mass is 9.54. The molecule has 1 aliphatic heterocycles. The summed E-state index contributed by atoms with van der Waals surface area (Å²) in [5.41, 5.74) is 6.83. The number of nitrogens with zero attached hydrogens (tertiary/aromatic N) is 1. The Bertz CT molecular complexity index is 1360. The minimum atomic E-state index is -0.364. The molecule has 1 fully saturated rings. The molecular weight excluding hydrogens is 470 g/mol. The lowest BCUT2D eigenvalue weighted by molar-refractivity contribution is -0.122. The van der Waals surface area contributed by atoms with E-state index in [-0.39, 0.29) is 35.5 Å². The van der Waals surface area contributed by atoms with E-state index in [9.17, 15) is 9.59 Å². The standard InChI is InChI=1S/C34H37NO3/c1-4-6-7-10-19-38-24-16-14-23(15-17-24)35-33(36)31-29-25-11-8-9-12-26(25)30(32(31)34(35)37)28-20-22(21(3)5-2)13-18-27(28)29/h8-9,11-18,20-21,29-32H,4-7,10,19H2,1-3H3/t21-,29+,30+,31-,32-/m0/s1. The summed E-state index contributed by atoms with van der Waals surface area (Å²) in [6.45, 7) is 7.35. The summed E-state index contributed by atoms with van der Waals surface area (Å²) < 4.78 is 5.90. The lowest BCUT2D eigenvalue weighted by Crippen LogP contribution is -2.41. The third-order valence-electron chi connectivity index (χ3n) is 9.11. The van der Waals surface area contributed by atoms with Crippen molar-refractivity contribution in [2.24, 2.45) is 11.8 Å². The van der Waals surface area contributed by atoms with Gasteiger partial charge in [-0.3, -0.25) is 9.59 Å². The van der Waals surface area contributed by atoms with Gasteiger partial charge < -0.3 is 4.74 Å². The van der Waals surface area contributed by atoms with E-state index in [4.69, 9.17) is 4.74 Å². The molecule has 3 aromatic carbocycles. The van der Waals surface area contributed by atoms with Crippen LogP contribution in [-0.4, -0.2) is 18.4 Å². The average molecular weight is 508 g/mol. The fraction of sp³-hybridized carbons (Fsp3) is 0.412. The van der Waals surface area contributed by atoms with Crippen molar-refractivity contribution in [1.29, 1.82) is 0 Å². The molecule has 38 heavy (non-hydrogen) atoms. The van der Waals surface area contributed by atoms with Gasteiger partial charge in [-0.1, -0.05) is 82.5 Å². The molecule has 4 aliphatic rings. The Morgan fingerprint density at radius 1 is 0.763 bits per heavy atom. The predicted octanol–water partition coefficient (Wildman–Crippen LogP) is 7.56. The Hall–Kier alpha value is -3.40. The number of benzene rings is 3. The maximum atomic E-state index is 14.1. The van der Waals surface area contributed by atoms with Crippen molar-refractivity contribution in [3.63, 3.8) is 0 Å². The van der Waals surface area contributed by atoms with Gasteiger partial charge in [-0.25, -0.2) is 4.90 Å². The first-order chi connectivity index (χ1) is 18.5. The highest BCUT2D eigenvalue weighted by Gasteiger charge is 2.61. The van der Waals surface area contributed by atoms with Crippen LogP contribution in [0.15, 0.2) is 66.7 Å². The zero-order valence-corrected chi connectivity index (χ0v) is 22.7. The first kappa shape index (κ1) is 24.9. The molecule has 1 heterocycles. The van der Waals surface area contributed by atoms with Crippen LogP contribution in [-0.2, 0) is 9.59 Å². The molecule has 196 valence electrons. The first-order valence-corrected chi connectivity index (χ1v) is 14.4. The molecule has 3 aliphatic carbocycles. The molecule has 4 nitrogen and oxygen atoms in total. The Labute approximate surface area is 226 Å². The number of hydrogen-bond donors (Lipinski definition) is 0. The summed E-state index contributed by atoms with van der Waals surface area (Å²) in [5.74, 6) is 0.180. The smallest absolute Gasteiger partial charge is 0.238 e. The maximum Gasteiger partial charge on any atom is 0.238 e. The Morgan fingerprint density at radius 2 is 1.39 bits per heavy atom. The van der Waals surface area contributed by atoms with Crippen LogP contribution in [0.25, 0.3) is 0 Å². The zero-order chi connectivity index (χ0) is 26.4. The number of imide groups is 1. The van der Waals surface area contributed by atoms with Crippen LogP contribution < -0.4 is 9.64 Å². The van der Waals surface area contributed by atoms with Gasteiger partial charge in [-0.05, 0) is 70.8 Å². The van der Waals surface area contributed by atoms with Gasteiger partial charge >= 0.3 is 0 Å². The molecule has 1 saturated heterocycles. The van der Waals surface area contributed by atoms with E-state index in [1.54, 1.807) is 0 Å². The van der Waals surface area contributed by atoms with E-state index in [1.165, 1.54) is 52.0 Å². The summed E-state index contributed by atoms with van der Waals surface area (Å²) in [4.78, 5) is 29.5. The fourth-order valence-corrected chi connectivity index (χ4v) is 6.95. The highest BCUT2D eigenvalue weighted by atomic mass is 16.5. The number of hydrogen-bond acceptors (Lipinski definition) is 3. The van der Waals surface area contributed by atoms with Crippen LogP contribution in [0, 0.1) is 11.8 Å². The second-order valence-electron chi connectivity index (χ2n) is 11.2. The number of unbranched alkanes of at least 4 members (excludes halogenated alkanes) is 3. The molecule has 0 aromatic heterocycles. The van der Waals surface area contributed by atoms with Crippen LogP contribution in [0.4, 0.5) is 5.69 Å². The number of anilines is 1. The van der Waals surface area contributed by atoms with E-state index >= 15 is 0 Å². The first-order valence-electron chi connectivity index (χ1n) is 14.4. The number of amides is 2. The molecule has 0 spiro atoms. The van der Waals surface area contributed by atoms with Crippen LogP contribution in [0.1, 0.15) is 98.4 Å². The monoisotopic (exact) mass is 507 g/mol. The highest BCUT2D eigenvalue weighted by molar-refractivity contribution is 6.23. The van der Waals surface area contributed by atoms with Crippen molar-refractivity contribution >= 4 is 17.5 Å². The summed E-state index contributed by atoms with van der Waals surface area (Å²) in [5, 5.41) is 0. The van der Waals surface area contributed by atoms with Gasteiger partial charge in [0.1, 0.15) is 5.75 Å². The molecule has 3 aromatic rings. The Kier molecular flexibility index (Phi) is 6.59. The summed E-state index contributed by atoms with van der Waals surface area (Å²) in [6, 6.07) is 22.7. The second kappa shape index (κ2) is 10.1. The number of ether oxygens (including phenoxy) is 1. The minimum absolute atomic E-state index is 0.0719. The maximum absolute atomic E-state index is 14.1. The van der Waals surface area contributed by atoms with Crippen molar-refractivity contribution in [1.82, 2.24) is 0 Å². The Morgan fingerprint density at radius 3 is 2.03 bits per heavy atom. The molecule has 4 heteroatoms. The molecular formula is C34H37NO3. The highest BCUT2D eigenvalue weighted by Crippen LogP contribution is 2.61. The quantitative estimate of drug-likeness (QED) is 0.222. The zero-order valence-electron chi connectivity index (χ0n) is 22.7. The summed E-state index contributed by atoms with van der Waals surface area (Å²) in [6.07, 6.45) is 5.69. The molecule has 7 rings (SSSR count). The van der Waals surface area contributed by atoms with Gasteiger partial charge in [0.15, 0.2) is 0 Å². The van der Waals surface area contributed by atoms with Crippen LogP contribution >= 0.6 is 0 Å². The van der Waals surface area contributed by atoms with Crippen LogP contribution in [0.2, 0.25) is 0 Å². The minimum Gasteiger partial charge on any atom is -0.494 e. The van der Waals surface area contributed by atoms with Crippen molar-refractivity contribution in [2.75, 3.05) is 11.5 Å². The van der Waals surface area contributed by atoms with Gasteiger partial charge in [0.25, 0.3) is 0 Å². The van der Waals surface area contributed by atoms with E-state index in [0.29, 0.717) is 18.2 Å². The van der Waals surface area contributed by atoms with Gasteiger partial charge in [0.05, 0.1) is 24.1 Å². The van der Waals surface area contributed by atoms with Gasteiger partial charge in [-0.15, -0.1) is 0 Å². The third kappa shape index (κ3) is 3.88. The molecule has 0 saturated carbocycles. The van der Waals surface area contributed by atoms with Crippen molar-refractivity contribution in [3.8, 4) is 5.75 Å². The third-order valence-corrected chi connectivity index (χ3v) is 9.11. The topological polar surface area (TPSA) is 46.6 Å². The van der Waals surface area contributed by atoms with Crippen molar-refractivity contribution in [3.05, 3.63) is 94.5 Å². The van der Waals surface area contributed by atoms with Crippen LogP contribution in [0.5, 0.6) is 5.75 Å². The van der Waals surface area contributed by atoms with Crippen molar-refractivity contribution < 1.29 is 14.3 Å². The van der Waals surface area contributed by atoms with E-state index in [1.807, 2.05) is 24.3 Å². The van der Waals surface area contributed by atoms with Crippen molar-refractivity contribution in [2.45, 2.75) is 70.6 Å². The molecule has 2 bridgehead atoms. The number of rotatable bonds is 9. The fourth-order valence-electron chi connectivity index (χ4n) is 6.95. The van der Waals surface area contributed by atoms with Crippen LogP contribution in [0.3, 0.4) is 0 Å². The SMILES string of the molecule is CCCCCCOc1ccc(N2C(=O)[C@H]3[C@@H]4c5ccccc5[C@H](c5cc([C@@H](C)CC)ccc54)[C@@H]3C2=O)cc1. The second-order valence-corrected chi connectivity index (χ2v) is 11.2. The van der Waals surface area contributed by atoms with Gasteiger partial charge in [-0.2, -0.15) is 0 Å². The predicted molar refractivity (Wildman–Crippen MR) is 151 cm³/mol. The Balaban J connectivity index is 1.33.